The molecule has 0 radical (unpaired) electrons. The van der Waals surface area contributed by atoms with Crippen molar-refractivity contribution in [3.05, 3.63) is 29.8 Å². The molecule has 0 unspecified atom stereocenters. The largest absolute Gasteiger partial charge is 0.368 e. The Labute approximate surface area is 135 Å². The van der Waals surface area contributed by atoms with E-state index >= 15 is 0 Å². The number of benzene rings is 1. The minimum Gasteiger partial charge on any atom is -0.368 e. The van der Waals surface area contributed by atoms with E-state index in [1.54, 1.807) is 0 Å². The van der Waals surface area contributed by atoms with Gasteiger partial charge in [0.1, 0.15) is 0 Å². The fraction of sp³-hybridized carbons (Fsp3) is 0.632. The first-order chi connectivity index (χ1) is 10.1. The molecule has 1 heterocycles. The van der Waals surface area contributed by atoms with Crippen LogP contribution in [0, 0.1) is 5.41 Å². The summed E-state index contributed by atoms with van der Waals surface area (Å²) in [7, 11) is 0. The molecule has 22 heavy (non-hydrogen) atoms. The van der Waals surface area contributed by atoms with E-state index in [2.05, 4.69) is 49.9 Å². The lowest BCUT2D eigenvalue weighted by Crippen LogP contribution is -2.52. The summed E-state index contributed by atoms with van der Waals surface area (Å²) in [6.07, 6.45) is 0. The highest BCUT2D eigenvalue weighted by Gasteiger charge is 2.30. The SMILES string of the molecule is CC(C)(C)C(=O)N1CCN(c2ccccc2C(C)(C)C)CC1. The van der Waals surface area contributed by atoms with Gasteiger partial charge < -0.3 is 9.80 Å². The molecule has 0 bridgehead atoms. The van der Waals surface area contributed by atoms with E-state index < -0.39 is 0 Å². The molecule has 0 aliphatic carbocycles. The molecule has 0 atom stereocenters. The van der Waals surface area contributed by atoms with Crippen molar-refractivity contribution in [1.82, 2.24) is 4.90 Å². The Morgan fingerprint density at radius 3 is 1.95 bits per heavy atom. The van der Waals surface area contributed by atoms with Crippen molar-refractivity contribution in [2.24, 2.45) is 5.41 Å². The van der Waals surface area contributed by atoms with E-state index in [0.717, 1.165) is 26.2 Å². The minimum atomic E-state index is -0.286. The van der Waals surface area contributed by atoms with Crippen LogP contribution >= 0.6 is 0 Å². The zero-order valence-corrected chi connectivity index (χ0v) is 14.9. The monoisotopic (exact) mass is 302 g/mol. The molecule has 1 fully saturated rings. The molecule has 0 N–H and O–H groups in total. The normalized spacial score (nSPS) is 16.8. The Kier molecular flexibility index (Phi) is 4.55. The van der Waals surface area contributed by atoms with Gasteiger partial charge in [0.2, 0.25) is 5.91 Å². The quantitative estimate of drug-likeness (QED) is 0.790. The second kappa shape index (κ2) is 5.94. The van der Waals surface area contributed by atoms with Crippen molar-refractivity contribution in [2.75, 3.05) is 31.1 Å². The van der Waals surface area contributed by atoms with Crippen LogP contribution in [0.5, 0.6) is 0 Å². The third kappa shape index (κ3) is 3.63. The number of para-hydroxylation sites is 1. The van der Waals surface area contributed by atoms with Crippen LogP contribution in [0.15, 0.2) is 24.3 Å². The van der Waals surface area contributed by atoms with Gasteiger partial charge in [-0.3, -0.25) is 4.79 Å². The minimum absolute atomic E-state index is 0.134. The van der Waals surface area contributed by atoms with Crippen molar-refractivity contribution in [2.45, 2.75) is 47.0 Å². The fourth-order valence-corrected chi connectivity index (χ4v) is 3.01. The van der Waals surface area contributed by atoms with Gasteiger partial charge in [-0.05, 0) is 17.0 Å². The van der Waals surface area contributed by atoms with Gasteiger partial charge in [0.05, 0.1) is 0 Å². The van der Waals surface area contributed by atoms with Gasteiger partial charge in [0.25, 0.3) is 0 Å². The number of anilines is 1. The Bertz CT molecular complexity index is 529. The van der Waals surface area contributed by atoms with Crippen LogP contribution in [0.4, 0.5) is 5.69 Å². The molecule has 0 saturated carbocycles. The molecule has 1 saturated heterocycles. The molecule has 122 valence electrons. The summed E-state index contributed by atoms with van der Waals surface area (Å²) >= 11 is 0. The predicted octanol–water partition coefficient (Wildman–Crippen LogP) is 3.68. The molecule has 0 spiro atoms. The second-order valence-corrected chi connectivity index (χ2v) is 8.30. The lowest BCUT2D eigenvalue weighted by molar-refractivity contribution is -0.139. The Balaban J connectivity index is 2.12. The van der Waals surface area contributed by atoms with Crippen molar-refractivity contribution >= 4 is 11.6 Å². The predicted molar refractivity (Wildman–Crippen MR) is 93.4 cm³/mol. The summed E-state index contributed by atoms with van der Waals surface area (Å²) in [4.78, 5) is 16.8. The van der Waals surface area contributed by atoms with Crippen LogP contribution in [0.25, 0.3) is 0 Å². The number of rotatable bonds is 1. The maximum absolute atomic E-state index is 12.4. The summed E-state index contributed by atoms with van der Waals surface area (Å²) in [6.45, 7) is 16.2. The summed E-state index contributed by atoms with van der Waals surface area (Å²) in [6, 6.07) is 8.66. The number of amides is 1. The van der Waals surface area contributed by atoms with Crippen LogP contribution in [-0.2, 0) is 10.2 Å². The third-order valence-electron chi connectivity index (χ3n) is 4.26. The van der Waals surface area contributed by atoms with Crippen LogP contribution in [-0.4, -0.2) is 37.0 Å². The van der Waals surface area contributed by atoms with Crippen molar-refractivity contribution < 1.29 is 4.79 Å². The van der Waals surface area contributed by atoms with Crippen LogP contribution in [0.3, 0.4) is 0 Å². The lowest BCUT2D eigenvalue weighted by Gasteiger charge is -2.40. The molecule has 2 rings (SSSR count). The summed E-state index contributed by atoms with van der Waals surface area (Å²) in [5.41, 5.74) is 2.55. The van der Waals surface area contributed by atoms with Gasteiger partial charge in [0, 0.05) is 37.3 Å². The average molecular weight is 302 g/mol. The molecule has 1 aliphatic rings. The zero-order chi connectivity index (χ0) is 16.5. The zero-order valence-electron chi connectivity index (χ0n) is 14.9. The average Bonchev–Trinajstić information content (AvgIpc) is 2.45. The standard InChI is InChI=1S/C19H30N2O/c1-18(2,3)15-9-7-8-10-16(15)20-11-13-21(14-12-20)17(22)19(4,5)6/h7-10H,11-14H2,1-6H3. The second-order valence-electron chi connectivity index (χ2n) is 8.30. The highest BCUT2D eigenvalue weighted by atomic mass is 16.2. The number of carbonyl (C=O) groups excluding carboxylic acids is 1. The molecule has 1 aliphatic heterocycles. The highest BCUT2D eigenvalue weighted by molar-refractivity contribution is 5.81. The molecule has 1 amide bonds. The molecule has 0 aromatic heterocycles. The number of hydrogen-bond donors (Lipinski definition) is 0. The molecule has 3 nitrogen and oxygen atoms in total. The topological polar surface area (TPSA) is 23.6 Å². The van der Waals surface area contributed by atoms with Gasteiger partial charge >= 0.3 is 0 Å². The van der Waals surface area contributed by atoms with Gasteiger partial charge in [0.15, 0.2) is 0 Å². The summed E-state index contributed by atoms with van der Waals surface area (Å²) < 4.78 is 0. The third-order valence-corrected chi connectivity index (χ3v) is 4.26. The lowest BCUT2D eigenvalue weighted by atomic mass is 9.85. The van der Waals surface area contributed by atoms with Gasteiger partial charge in [-0.2, -0.15) is 0 Å². The Morgan fingerprint density at radius 1 is 0.909 bits per heavy atom. The summed E-state index contributed by atoms with van der Waals surface area (Å²) in [5, 5.41) is 0. The fourth-order valence-electron chi connectivity index (χ4n) is 3.01. The number of piperazine rings is 1. The van der Waals surface area contributed by atoms with Gasteiger partial charge in [-0.1, -0.05) is 59.7 Å². The van der Waals surface area contributed by atoms with Crippen molar-refractivity contribution in [3.63, 3.8) is 0 Å². The van der Waals surface area contributed by atoms with Crippen LogP contribution < -0.4 is 4.90 Å². The number of nitrogens with zero attached hydrogens (tertiary/aromatic N) is 2. The molecule has 1 aromatic carbocycles. The van der Waals surface area contributed by atoms with E-state index in [4.69, 9.17) is 0 Å². The van der Waals surface area contributed by atoms with E-state index in [-0.39, 0.29) is 16.7 Å². The Morgan fingerprint density at radius 2 is 1.45 bits per heavy atom. The van der Waals surface area contributed by atoms with Gasteiger partial charge in [-0.25, -0.2) is 0 Å². The molecular weight excluding hydrogens is 272 g/mol. The smallest absolute Gasteiger partial charge is 0.228 e. The van der Waals surface area contributed by atoms with Crippen molar-refractivity contribution in [3.8, 4) is 0 Å². The van der Waals surface area contributed by atoms with E-state index in [9.17, 15) is 4.79 Å². The maximum Gasteiger partial charge on any atom is 0.228 e. The number of carbonyl (C=O) groups is 1. The van der Waals surface area contributed by atoms with Crippen LogP contribution in [0.2, 0.25) is 0 Å². The van der Waals surface area contributed by atoms with Gasteiger partial charge in [-0.15, -0.1) is 0 Å². The highest BCUT2D eigenvalue weighted by Crippen LogP contribution is 2.32. The Hall–Kier alpha value is -1.51. The van der Waals surface area contributed by atoms with E-state index in [1.165, 1.54) is 11.3 Å². The first kappa shape index (κ1) is 16.9. The maximum atomic E-state index is 12.4. The molecule has 3 heteroatoms. The van der Waals surface area contributed by atoms with Crippen LogP contribution in [0.1, 0.15) is 47.1 Å². The number of hydrogen-bond acceptors (Lipinski definition) is 2. The van der Waals surface area contributed by atoms with Crippen molar-refractivity contribution in [1.29, 1.82) is 0 Å². The first-order valence-electron chi connectivity index (χ1n) is 8.24. The molecule has 1 aromatic rings. The van der Waals surface area contributed by atoms with E-state index in [1.807, 2.05) is 25.7 Å². The summed E-state index contributed by atoms with van der Waals surface area (Å²) in [5.74, 6) is 0.260. The molecular formula is C19H30N2O. The first-order valence-corrected chi connectivity index (χ1v) is 8.24. The van der Waals surface area contributed by atoms with E-state index in [0.29, 0.717) is 0 Å².